The van der Waals surface area contributed by atoms with Gasteiger partial charge in [0.25, 0.3) is 0 Å². The van der Waals surface area contributed by atoms with Crippen LogP contribution in [0.25, 0.3) is 0 Å². The minimum atomic E-state index is -0.140. The molecule has 0 aliphatic carbocycles. The van der Waals surface area contributed by atoms with Crippen molar-refractivity contribution in [1.29, 1.82) is 0 Å². The molecule has 0 aromatic carbocycles. The van der Waals surface area contributed by atoms with E-state index in [1.54, 1.807) is 0 Å². The third-order valence-electron chi connectivity index (χ3n) is 3.20. The van der Waals surface area contributed by atoms with Crippen molar-refractivity contribution < 1.29 is 5.11 Å². The van der Waals surface area contributed by atoms with Gasteiger partial charge in [-0.25, -0.2) is 0 Å². The molecule has 1 fully saturated rings. The number of hydrogen-bond acceptors (Lipinski definition) is 3. The highest BCUT2D eigenvalue weighted by atomic mass is 16.3. The molecule has 0 bridgehead atoms. The number of nitrogens with one attached hydrogen (secondary N) is 1. The summed E-state index contributed by atoms with van der Waals surface area (Å²) in [6, 6.07) is 0.680. The van der Waals surface area contributed by atoms with Gasteiger partial charge in [0, 0.05) is 12.6 Å². The van der Waals surface area contributed by atoms with E-state index in [1.807, 2.05) is 7.05 Å². The average molecular weight is 186 g/mol. The standard InChI is InChI=1S/C10H22N2O/c1-9-5-4-6-12(9)7-10(2,8-13)11-3/h9,11,13H,4-8H2,1-3H3. The van der Waals surface area contributed by atoms with E-state index in [0.717, 1.165) is 6.54 Å². The minimum absolute atomic E-state index is 0.140. The molecule has 1 rings (SSSR count). The van der Waals surface area contributed by atoms with Crippen molar-refractivity contribution in [2.24, 2.45) is 0 Å². The monoisotopic (exact) mass is 186 g/mol. The Morgan fingerprint density at radius 2 is 2.31 bits per heavy atom. The van der Waals surface area contributed by atoms with Crippen molar-refractivity contribution in [3.05, 3.63) is 0 Å². The number of aliphatic hydroxyl groups excluding tert-OH is 1. The van der Waals surface area contributed by atoms with E-state index < -0.39 is 0 Å². The van der Waals surface area contributed by atoms with Gasteiger partial charge in [0.15, 0.2) is 0 Å². The SMILES string of the molecule is CNC(C)(CO)CN1CCCC1C. The number of rotatable bonds is 4. The first-order valence-corrected chi connectivity index (χ1v) is 5.15. The molecule has 0 saturated carbocycles. The number of likely N-dealkylation sites (N-methyl/N-ethyl adjacent to an activating group) is 1. The van der Waals surface area contributed by atoms with Crippen molar-refractivity contribution in [2.75, 3.05) is 26.7 Å². The van der Waals surface area contributed by atoms with Crippen molar-refractivity contribution in [3.63, 3.8) is 0 Å². The van der Waals surface area contributed by atoms with Crippen LogP contribution in [0, 0.1) is 0 Å². The van der Waals surface area contributed by atoms with Crippen molar-refractivity contribution in [3.8, 4) is 0 Å². The summed E-state index contributed by atoms with van der Waals surface area (Å²) in [6.07, 6.45) is 2.59. The first-order chi connectivity index (χ1) is 6.11. The number of nitrogens with zero attached hydrogens (tertiary/aromatic N) is 1. The van der Waals surface area contributed by atoms with Gasteiger partial charge in [-0.15, -0.1) is 0 Å². The Morgan fingerprint density at radius 1 is 1.62 bits per heavy atom. The summed E-state index contributed by atoms with van der Waals surface area (Å²) in [5, 5.41) is 12.4. The van der Waals surface area contributed by atoms with Crippen molar-refractivity contribution >= 4 is 0 Å². The molecule has 2 atom stereocenters. The number of likely N-dealkylation sites (tertiary alicyclic amines) is 1. The molecule has 0 amide bonds. The lowest BCUT2D eigenvalue weighted by atomic mass is 10.0. The Kier molecular flexibility index (Phi) is 3.71. The molecular weight excluding hydrogens is 164 g/mol. The second-order valence-electron chi connectivity index (χ2n) is 4.43. The van der Waals surface area contributed by atoms with Gasteiger partial charge >= 0.3 is 0 Å². The van der Waals surface area contributed by atoms with Crippen LogP contribution in [0.3, 0.4) is 0 Å². The minimum Gasteiger partial charge on any atom is -0.394 e. The van der Waals surface area contributed by atoms with E-state index in [9.17, 15) is 5.11 Å². The predicted octanol–water partition coefficient (Wildman–Crippen LogP) is 0.441. The molecule has 2 N–H and O–H groups in total. The van der Waals surface area contributed by atoms with Crippen LogP contribution >= 0.6 is 0 Å². The van der Waals surface area contributed by atoms with Crippen LogP contribution < -0.4 is 5.32 Å². The van der Waals surface area contributed by atoms with E-state index in [1.165, 1.54) is 19.4 Å². The number of hydrogen-bond donors (Lipinski definition) is 2. The van der Waals surface area contributed by atoms with E-state index in [4.69, 9.17) is 0 Å². The van der Waals surface area contributed by atoms with Gasteiger partial charge in [0.1, 0.15) is 0 Å². The van der Waals surface area contributed by atoms with Crippen LogP contribution in [0.15, 0.2) is 0 Å². The van der Waals surface area contributed by atoms with Crippen LogP contribution in [-0.2, 0) is 0 Å². The van der Waals surface area contributed by atoms with Gasteiger partial charge in [-0.2, -0.15) is 0 Å². The molecular formula is C10H22N2O. The first kappa shape index (κ1) is 11.0. The Morgan fingerprint density at radius 3 is 2.69 bits per heavy atom. The molecule has 0 spiro atoms. The van der Waals surface area contributed by atoms with Crippen LogP contribution in [0.5, 0.6) is 0 Å². The third kappa shape index (κ3) is 2.66. The van der Waals surface area contributed by atoms with Crippen LogP contribution in [0.4, 0.5) is 0 Å². The topological polar surface area (TPSA) is 35.5 Å². The Hall–Kier alpha value is -0.120. The van der Waals surface area contributed by atoms with Crippen LogP contribution in [-0.4, -0.2) is 48.3 Å². The van der Waals surface area contributed by atoms with Gasteiger partial charge in [-0.05, 0) is 40.3 Å². The van der Waals surface area contributed by atoms with Crippen LogP contribution in [0.1, 0.15) is 26.7 Å². The normalized spacial score (nSPS) is 29.1. The fourth-order valence-corrected chi connectivity index (χ4v) is 1.88. The maximum absolute atomic E-state index is 9.24. The molecule has 3 nitrogen and oxygen atoms in total. The van der Waals surface area contributed by atoms with Gasteiger partial charge in [0.2, 0.25) is 0 Å². The summed E-state index contributed by atoms with van der Waals surface area (Å²) in [7, 11) is 1.91. The Labute approximate surface area is 81.1 Å². The van der Waals surface area contributed by atoms with Crippen molar-refractivity contribution in [1.82, 2.24) is 10.2 Å². The largest absolute Gasteiger partial charge is 0.394 e. The zero-order valence-corrected chi connectivity index (χ0v) is 9.01. The summed E-state index contributed by atoms with van der Waals surface area (Å²) in [5.41, 5.74) is -0.140. The maximum Gasteiger partial charge on any atom is 0.0623 e. The third-order valence-corrected chi connectivity index (χ3v) is 3.20. The molecule has 1 saturated heterocycles. The lowest BCUT2D eigenvalue weighted by Gasteiger charge is -2.33. The van der Waals surface area contributed by atoms with E-state index in [-0.39, 0.29) is 12.1 Å². The summed E-state index contributed by atoms with van der Waals surface area (Å²) >= 11 is 0. The fourth-order valence-electron chi connectivity index (χ4n) is 1.88. The highest BCUT2D eigenvalue weighted by Gasteiger charge is 2.29. The molecule has 1 aliphatic rings. The van der Waals surface area contributed by atoms with Gasteiger partial charge in [-0.3, -0.25) is 4.90 Å². The average Bonchev–Trinajstić information content (AvgIpc) is 2.52. The Balaban J connectivity index is 2.45. The molecule has 0 radical (unpaired) electrons. The summed E-state index contributed by atoms with van der Waals surface area (Å²) in [6.45, 7) is 6.66. The van der Waals surface area contributed by atoms with E-state index in [0.29, 0.717) is 6.04 Å². The van der Waals surface area contributed by atoms with Crippen LogP contribution in [0.2, 0.25) is 0 Å². The van der Waals surface area contributed by atoms with E-state index in [2.05, 4.69) is 24.1 Å². The molecule has 0 aromatic rings. The second-order valence-corrected chi connectivity index (χ2v) is 4.43. The summed E-state index contributed by atoms with van der Waals surface area (Å²) in [4.78, 5) is 2.45. The number of aliphatic hydroxyl groups is 1. The highest BCUT2D eigenvalue weighted by molar-refractivity contribution is 4.88. The predicted molar refractivity (Wildman–Crippen MR) is 54.8 cm³/mol. The smallest absolute Gasteiger partial charge is 0.0623 e. The lowest BCUT2D eigenvalue weighted by molar-refractivity contribution is 0.123. The van der Waals surface area contributed by atoms with E-state index >= 15 is 0 Å². The molecule has 2 unspecified atom stereocenters. The molecule has 3 heteroatoms. The zero-order valence-electron chi connectivity index (χ0n) is 9.01. The molecule has 78 valence electrons. The molecule has 1 aliphatic heterocycles. The van der Waals surface area contributed by atoms with Crippen molar-refractivity contribution in [2.45, 2.75) is 38.3 Å². The second kappa shape index (κ2) is 4.40. The Bertz CT molecular complexity index is 157. The summed E-state index contributed by atoms with van der Waals surface area (Å²) < 4.78 is 0. The zero-order chi connectivity index (χ0) is 9.90. The first-order valence-electron chi connectivity index (χ1n) is 5.15. The van der Waals surface area contributed by atoms with Gasteiger partial charge in [-0.1, -0.05) is 0 Å². The molecule has 1 heterocycles. The molecule has 0 aromatic heterocycles. The van der Waals surface area contributed by atoms with Gasteiger partial charge < -0.3 is 10.4 Å². The lowest BCUT2D eigenvalue weighted by Crippen LogP contribution is -2.53. The fraction of sp³-hybridized carbons (Fsp3) is 1.00. The maximum atomic E-state index is 9.24. The highest BCUT2D eigenvalue weighted by Crippen LogP contribution is 2.18. The molecule has 13 heavy (non-hydrogen) atoms. The van der Waals surface area contributed by atoms with Gasteiger partial charge in [0.05, 0.1) is 12.1 Å². The quantitative estimate of drug-likeness (QED) is 0.669. The summed E-state index contributed by atoms with van der Waals surface area (Å²) in [5.74, 6) is 0.